The highest BCUT2D eigenvalue weighted by molar-refractivity contribution is 7.99. The summed E-state index contributed by atoms with van der Waals surface area (Å²) in [6, 6.07) is 0. The summed E-state index contributed by atoms with van der Waals surface area (Å²) in [4.78, 5) is 0. The first-order chi connectivity index (χ1) is 5.33. The molecule has 0 radical (unpaired) electrons. The van der Waals surface area contributed by atoms with Gasteiger partial charge in [-0.1, -0.05) is 19.1 Å². The van der Waals surface area contributed by atoms with Crippen molar-refractivity contribution in [3.63, 3.8) is 0 Å². The molecule has 0 amide bonds. The fraction of sp³-hybridized carbons (Fsp3) is 0.778. The zero-order valence-electron chi connectivity index (χ0n) is 7.23. The number of nitrogens with one attached hydrogen (secondary N) is 1. The summed E-state index contributed by atoms with van der Waals surface area (Å²) in [5.74, 6) is 3.41. The molecule has 0 saturated carbocycles. The monoisotopic (exact) mass is 171 g/mol. The van der Waals surface area contributed by atoms with Crippen molar-refractivity contribution >= 4 is 11.8 Å². The standard InChI is InChI=1S/C9H17NS/c1-3-8(2)6-11-7-9-4-10-5-9/h9-10H,2-7H2,1H3. The number of thioether (sulfide) groups is 1. The third-order valence-electron chi connectivity index (χ3n) is 2.03. The van der Waals surface area contributed by atoms with Crippen molar-refractivity contribution in [1.82, 2.24) is 5.32 Å². The molecule has 0 aliphatic carbocycles. The number of hydrogen-bond acceptors (Lipinski definition) is 2. The van der Waals surface area contributed by atoms with Crippen molar-refractivity contribution in [1.29, 1.82) is 0 Å². The third kappa shape index (κ3) is 3.30. The molecule has 1 fully saturated rings. The van der Waals surface area contributed by atoms with Crippen LogP contribution in [-0.2, 0) is 0 Å². The van der Waals surface area contributed by atoms with Crippen LogP contribution in [0, 0.1) is 5.92 Å². The fourth-order valence-electron chi connectivity index (χ4n) is 0.938. The van der Waals surface area contributed by atoms with Gasteiger partial charge in [0.15, 0.2) is 0 Å². The van der Waals surface area contributed by atoms with E-state index in [9.17, 15) is 0 Å². The Morgan fingerprint density at radius 3 is 2.82 bits per heavy atom. The molecule has 1 N–H and O–H groups in total. The SMILES string of the molecule is C=C(CC)CSCC1CNC1. The Morgan fingerprint density at radius 2 is 2.36 bits per heavy atom. The molecule has 11 heavy (non-hydrogen) atoms. The van der Waals surface area contributed by atoms with E-state index in [0.29, 0.717) is 0 Å². The second kappa shape index (κ2) is 4.83. The largest absolute Gasteiger partial charge is 0.316 e. The second-order valence-corrected chi connectivity index (χ2v) is 4.17. The molecular weight excluding hydrogens is 154 g/mol. The summed E-state index contributed by atoms with van der Waals surface area (Å²) in [5, 5.41) is 3.28. The molecule has 0 aromatic carbocycles. The van der Waals surface area contributed by atoms with Gasteiger partial charge < -0.3 is 5.32 Å². The van der Waals surface area contributed by atoms with Crippen LogP contribution in [0.4, 0.5) is 0 Å². The zero-order chi connectivity index (χ0) is 8.10. The van der Waals surface area contributed by atoms with Gasteiger partial charge in [-0.15, -0.1) is 0 Å². The van der Waals surface area contributed by atoms with Crippen LogP contribution >= 0.6 is 11.8 Å². The van der Waals surface area contributed by atoms with Crippen molar-refractivity contribution in [2.75, 3.05) is 24.6 Å². The van der Waals surface area contributed by atoms with Crippen LogP contribution in [0.3, 0.4) is 0 Å². The van der Waals surface area contributed by atoms with Crippen LogP contribution in [0.5, 0.6) is 0 Å². The highest BCUT2D eigenvalue weighted by atomic mass is 32.2. The third-order valence-corrected chi connectivity index (χ3v) is 3.35. The molecule has 0 aromatic rings. The predicted molar refractivity (Wildman–Crippen MR) is 53.1 cm³/mol. The van der Waals surface area contributed by atoms with Gasteiger partial charge in [-0.3, -0.25) is 0 Å². The summed E-state index contributed by atoms with van der Waals surface area (Å²) in [6.07, 6.45) is 1.13. The zero-order valence-corrected chi connectivity index (χ0v) is 8.04. The maximum Gasteiger partial charge on any atom is 0.0140 e. The predicted octanol–water partition coefficient (Wildman–Crippen LogP) is 1.91. The Bertz CT molecular complexity index is 130. The maximum atomic E-state index is 3.98. The van der Waals surface area contributed by atoms with Gasteiger partial charge in [0, 0.05) is 5.75 Å². The average molecular weight is 171 g/mol. The van der Waals surface area contributed by atoms with Crippen LogP contribution in [0.15, 0.2) is 12.2 Å². The Labute approximate surface area is 73.6 Å². The topological polar surface area (TPSA) is 12.0 Å². The second-order valence-electron chi connectivity index (χ2n) is 3.14. The van der Waals surface area contributed by atoms with Gasteiger partial charge in [-0.25, -0.2) is 0 Å². The molecular formula is C9H17NS. The molecule has 0 unspecified atom stereocenters. The first-order valence-corrected chi connectivity index (χ1v) is 5.43. The number of hydrogen-bond donors (Lipinski definition) is 1. The van der Waals surface area contributed by atoms with E-state index >= 15 is 0 Å². The highest BCUT2D eigenvalue weighted by Crippen LogP contribution is 2.15. The van der Waals surface area contributed by atoms with Crippen molar-refractivity contribution < 1.29 is 0 Å². The highest BCUT2D eigenvalue weighted by Gasteiger charge is 2.15. The van der Waals surface area contributed by atoms with Gasteiger partial charge in [-0.2, -0.15) is 11.8 Å². The van der Waals surface area contributed by atoms with Crippen molar-refractivity contribution in [2.45, 2.75) is 13.3 Å². The average Bonchev–Trinajstić information content (AvgIpc) is 1.94. The summed E-state index contributed by atoms with van der Waals surface area (Å²) in [6.45, 7) is 8.61. The van der Waals surface area contributed by atoms with Gasteiger partial charge in [0.2, 0.25) is 0 Å². The molecule has 0 aromatic heterocycles. The fourth-order valence-corrected chi connectivity index (χ4v) is 2.12. The van der Waals surface area contributed by atoms with Crippen LogP contribution in [-0.4, -0.2) is 24.6 Å². The molecule has 1 aliphatic rings. The lowest BCUT2D eigenvalue weighted by Crippen LogP contribution is -2.43. The van der Waals surface area contributed by atoms with Crippen LogP contribution < -0.4 is 5.32 Å². The molecule has 0 atom stereocenters. The molecule has 2 heteroatoms. The summed E-state index contributed by atoms with van der Waals surface area (Å²) < 4.78 is 0. The van der Waals surface area contributed by atoms with Gasteiger partial charge in [0.05, 0.1) is 0 Å². The Morgan fingerprint density at radius 1 is 1.64 bits per heavy atom. The van der Waals surface area contributed by atoms with E-state index in [4.69, 9.17) is 0 Å². The van der Waals surface area contributed by atoms with E-state index in [1.165, 1.54) is 24.4 Å². The smallest absolute Gasteiger partial charge is 0.0140 e. The normalized spacial score (nSPS) is 17.9. The summed E-state index contributed by atoms with van der Waals surface area (Å²) >= 11 is 2.03. The van der Waals surface area contributed by atoms with E-state index in [1.54, 1.807) is 0 Å². The molecule has 1 rings (SSSR count). The number of rotatable bonds is 5. The van der Waals surface area contributed by atoms with E-state index in [0.717, 1.165) is 18.1 Å². The van der Waals surface area contributed by atoms with Gasteiger partial charge in [0.25, 0.3) is 0 Å². The Kier molecular flexibility index (Phi) is 4.02. The maximum absolute atomic E-state index is 3.98. The Balaban J connectivity index is 1.90. The Hall–Kier alpha value is 0.0500. The summed E-state index contributed by atoms with van der Waals surface area (Å²) in [7, 11) is 0. The molecule has 1 heterocycles. The van der Waals surface area contributed by atoms with E-state index in [2.05, 4.69) is 18.8 Å². The van der Waals surface area contributed by atoms with E-state index in [-0.39, 0.29) is 0 Å². The quantitative estimate of drug-likeness (QED) is 0.634. The van der Waals surface area contributed by atoms with E-state index < -0.39 is 0 Å². The molecule has 64 valence electrons. The first kappa shape index (κ1) is 9.14. The van der Waals surface area contributed by atoms with Gasteiger partial charge in [0.1, 0.15) is 0 Å². The van der Waals surface area contributed by atoms with Crippen LogP contribution in [0.2, 0.25) is 0 Å². The lowest BCUT2D eigenvalue weighted by Gasteiger charge is -2.26. The minimum atomic E-state index is 0.935. The lowest BCUT2D eigenvalue weighted by atomic mass is 10.1. The van der Waals surface area contributed by atoms with Crippen molar-refractivity contribution in [2.24, 2.45) is 5.92 Å². The van der Waals surface area contributed by atoms with E-state index in [1.807, 2.05) is 11.8 Å². The molecule has 1 saturated heterocycles. The molecule has 1 aliphatic heterocycles. The first-order valence-electron chi connectivity index (χ1n) is 4.28. The minimum Gasteiger partial charge on any atom is -0.316 e. The lowest BCUT2D eigenvalue weighted by molar-refractivity contribution is 0.385. The van der Waals surface area contributed by atoms with Crippen molar-refractivity contribution in [3.8, 4) is 0 Å². The van der Waals surface area contributed by atoms with Crippen molar-refractivity contribution in [3.05, 3.63) is 12.2 Å². The molecule has 0 spiro atoms. The summed E-state index contributed by atoms with van der Waals surface area (Å²) in [5.41, 5.74) is 1.38. The minimum absolute atomic E-state index is 0.935. The van der Waals surface area contributed by atoms with Crippen LogP contribution in [0.25, 0.3) is 0 Å². The molecule has 0 bridgehead atoms. The molecule has 1 nitrogen and oxygen atoms in total. The van der Waals surface area contributed by atoms with Gasteiger partial charge in [-0.05, 0) is 31.2 Å². The van der Waals surface area contributed by atoms with Gasteiger partial charge >= 0.3 is 0 Å². The van der Waals surface area contributed by atoms with Crippen LogP contribution in [0.1, 0.15) is 13.3 Å².